The van der Waals surface area contributed by atoms with Crippen LogP contribution in [0.15, 0.2) is 43.0 Å². The number of aliphatic hydroxyl groups excluding tert-OH is 1. The standard InChI is InChI=1S/C12H11ClN2O/c13-11-3-1-2-9(4-11)5-12(16)10-6-14-8-15-7-10/h1-4,6-8,12,16H,5H2. The molecular weight excluding hydrogens is 224 g/mol. The van der Waals surface area contributed by atoms with Crippen LogP contribution < -0.4 is 0 Å². The molecule has 3 nitrogen and oxygen atoms in total. The van der Waals surface area contributed by atoms with E-state index in [-0.39, 0.29) is 0 Å². The summed E-state index contributed by atoms with van der Waals surface area (Å²) in [5, 5.41) is 10.6. The van der Waals surface area contributed by atoms with Crippen molar-refractivity contribution in [2.75, 3.05) is 0 Å². The molecule has 1 aromatic heterocycles. The van der Waals surface area contributed by atoms with Gasteiger partial charge in [-0.05, 0) is 17.7 Å². The first-order chi connectivity index (χ1) is 7.75. The van der Waals surface area contributed by atoms with Gasteiger partial charge in [0.2, 0.25) is 0 Å². The number of rotatable bonds is 3. The van der Waals surface area contributed by atoms with Gasteiger partial charge >= 0.3 is 0 Å². The highest BCUT2D eigenvalue weighted by Gasteiger charge is 2.08. The van der Waals surface area contributed by atoms with Crippen LogP contribution in [0.25, 0.3) is 0 Å². The summed E-state index contributed by atoms with van der Waals surface area (Å²) in [7, 11) is 0. The van der Waals surface area contributed by atoms with E-state index in [4.69, 9.17) is 11.6 Å². The van der Waals surface area contributed by atoms with Gasteiger partial charge in [-0.25, -0.2) is 9.97 Å². The molecule has 0 spiro atoms. The summed E-state index contributed by atoms with van der Waals surface area (Å²) in [4.78, 5) is 7.74. The lowest BCUT2D eigenvalue weighted by molar-refractivity contribution is 0.177. The molecule has 4 heteroatoms. The van der Waals surface area contributed by atoms with Crippen molar-refractivity contribution in [3.05, 3.63) is 59.1 Å². The van der Waals surface area contributed by atoms with Crippen LogP contribution in [0.3, 0.4) is 0 Å². The first-order valence-corrected chi connectivity index (χ1v) is 5.31. The maximum absolute atomic E-state index is 9.94. The molecule has 1 N–H and O–H groups in total. The van der Waals surface area contributed by atoms with Crippen LogP contribution in [0.1, 0.15) is 17.2 Å². The van der Waals surface area contributed by atoms with E-state index >= 15 is 0 Å². The zero-order valence-electron chi connectivity index (χ0n) is 8.55. The Hall–Kier alpha value is -1.45. The number of nitrogens with zero attached hydrogens (tertiary/aromatic N) is 2. The molecule has 2 rings (SSSR count). The minimum Gasteiger partial charge on any atom is -0.388 e. The molecule has 82 valence electrons. The van der Waals surface area contributed by atoms with Crippen LogP contribution >= 0.6 is 11.6 Å². The lowest BCUT2D eigenvalue weighted by atomic mass is 10.0. The monoisotopic (exact) mass is 234 g/mol. The van der Waals surface area contributed by atoms with Gasteiger partial charge in [0.05, 0.1) is 6.10 Å². The van der Waals surface area contributed by atoms with Gasteiger partial charge in [0.1, 0.15) is 6.33 Å². The molecule has 0 saturated heterocycles. The molecule has 0 aliphatic carbocycles. The summed E-state index contributed by atoms with van der Waals surface area (Å²) in [6, 6.07) is 7.45. The van der Waals surface area contributed by atoms with Gasteiger partial charge < -0.3 is 5.11 Å². The third kappa shape index (κ3) is 2.78. The fourth-order valence-corrected chi connectivity index (χ4v) is 1.70. The number of hydrogen-bond donors (Lipinski definition) is 1. The van der Waals surface area contributed by atoms with Crippen molar-refractivity contribution >= 4 is 11.6 Å². The maximum Gasteiger partial charge on any atom is 0.115 e. The number of benzene rings is 1. The minimum absolute atomic E-state index is 0.508. The Morgan fingerprint density at radius 2 is 2.00 bits per heavy atom. The largest absolute Gasteiger partial charge is 0.388 e. The average molecular weight is 235 g/mol. The summed E-state index contributed by atoms with van der Waals surface area (Å²) in [6.45, 7) is 0. The smallest absolute Gasteiger partial charge is 0.115 e. The summed E-state index contributed by atoms with van der Waals surface area (Å²) >= 11 is 5.87. The highest BCUT2D eigenvalue weighted by Crippen LogP contribution is 2.18. The molecular formula is C12H11ClN2O. The number of halogens is 1. The van der Waals surface area contributed by atoms with Gasteiger partial charge in [0, 0.05) is 29.4 Å². The number of aliphatic hydroxyl groups is 1. The maximum atomic E-state index is 9.94. The first kappa shape index (κ1) is 11.0. The van der Waals surface area contributed by atoms with Gasteiger partial charge in [-0.1, -0.05) is 23.7 Å². The van der Waals surface area contributed by atoms with Crippen molar-refractivity contribution in [1.82, 2.24) is 9.97 Å². The van der Waals surface area contributed by atoms with Gasteiger partial charge in [-0.2, -0.15) is 0 Å². The summed E-state index contributed by atoms with van der Waals surface area (Å²) in [5.74, 6) is 0. The molecule has 0 aliphatic rings. The van der Waals surface area contributed by atoms with Gasteiger partial charge in [-0.3, -0.25) is 0 Å². The van der Waals surface area contributed by atoms with Crippen LogP contribution in [-0.4, -0.2) is 15.1 Å². The Bertz CT molecular complexity index is 462. The fourth-order valence-electron chi connectivity index (χ4n) is 1.49. The first-order valence-electron chi connectivity index (χ1n) is 4.93. The third-order valence-electron chi connectivity index (χ3n) is 2.28. The van der Waals surface area contributed by atoms with Crippen LogP contribution in [0.5, 0.6) is 0 Å². The highest BCUT2D eigenvalue weighted by molar-refractivity contribution is 6.30. The van der Waals surface area contributed by atoms with Crippen LogP contribution in [0.2, 0.25) is 5.02 Å². The van der Waals surface area contributed by atoms with Crippen LogP contribution in [0.4, 0.5) is 0 Å². The van der Waals surface area contributed by atoms with E-state index in [9.17, 15) is 5.11 Å². The third-order valence-corrected chi connectivity index (χ3v) is 2.52. The van der Waals surface area contributed by atoms with E-state index < -0.39 is 6.10 Å². The van der Waals surface area contributed by atoms with Crippen molar-refractivity contribution in [3.63, 3.8) is 0 Å². The van der Waals surface area contributed by atoms with Gasteiger partial charge in [0.25, 0.3) is 0 Å². The van der Waals surface area contributed by atoms with Crippen molar-refractivity contribution in [2.45, 2.75) is 12.5 Å². The average Bonchev–Trinajstić information content (AvgIpc) is 2.30. The van der Waals surface area contributed by atoms with Crippen molar-refractivity contribution < 1.29 is 5.11 Å². The number of aromatic nitrogens is 2. The summed E-state index contributed by atoms with van der Waals surface area (Å²) in [6.07, 6.45) is 4.58. The van der Waals surface area contributed by atoms with E-state index in [1.807, 2.05) is 24.3 Å². The van der Waals surface area contributed by atoms with Crippen molar-refractivity contribution in [3.8, 4) is 0 Å². The molecule has 0 amide bonds. The van der Waals surface area contributed by atoms with E-state index in [2.05, 4.69) is 9.97 Å². The van der Waals surface area contributed by atoms with Crippen molar-refractivity contribution in [2.24, 2.45) is 0 Å². The lowest BCUT2D eigenvalue weighted by Gasteiger charge is -2.09. The zero-order chi connectivity index (χ0) is 11.4. The topological polar surface area (TPSA) is 46.0 Å². The molecule has 1 heterocycles. The highest BCUT2D eigenvalue weighted by atomic mass is 35.5. The number of hydrogen-bond acceptors (Lipinski definition) is 3. The molecule has 1 atom stereocenters. The molecule has 0 aliphatic heterocycles. The Kier molecular flexibility index (Phi) is 3.49. The second-order valence-corrected chi connectivity index (χ2v) is 3.96. The SMILES string of the molecule is OC(Cc1cccc(Cl)c1)c1cncnc1. The second kappa shape index (κ2) is 5.05. The summed E-state index contributed by atoms with van der Waals surface area (Å²) in [5.41, 5.74) is 1.70. The van der Waals surface area contributed by atoms with Crippen molar-refractivity contribution in [1.29, 1.82) is 0 Å². The predicted octanol–water partition coefficient (Wildman–Crippen LogP) is 2.41. The molecule has 0 radical (unpaired) electrons. The quantitative estimate of drug-likeness (QED) is 0.887. The van der Waals surface area contributed by atoms with E-state index in [1.54, 1.807) is 12.4 Å². The fraction of sp³-hybridized carbons (Fsp3) is 0.167. The Morgan fingerprint density at radius 3 is 2.69 bits per heavy atom. The Balaban J connectivity index is 2.11. The molecule has 0 saturated carbocycles. The molecule has 0 fully saturated rings. The van der Waals surface area contributed by atoms with E-state index in [1.165, 1.54) is 6.33 Å². The Labute approximate surface area is 98.8 Å². The normalized spacial score (nSPS) is 12.4. The summed E-state index contributed by atoms with van der Waals surface area (Å²) < 4.78 is 0. The molecule has 1 aromatic carbocycles. The van der Waals surface area contributed by atoms with Crippen LogP contribution in [-0.2, 0) is 6.42 Å². The molecule has 1 unspecified atom stereocenters. The predicted molar refractivity (Wildman–Crippen MR) is 62.1 cm³/mol. The van der Waals surface area contributed by atoms with Crippen LogP contribution in [0, 0.1) is 0 Å². The van der Waals surface area contributed by atoms with E-state index in [0.717, 1.165) is 5.56 Å². The molecule has 2 aromatic rings. The van der Waals surface area contributed by atoms with E-state index in [0.29, 0.717) is 17.0 Å². The zero-order valence-corrected chi connectivity index (χ0v) is 9.30. The van der Waals surface area contributed by atoms with Gasteiger partial charge in [0.15, 0.2) is 0 Å². The molecule has 0 bridgehead atoms. The molecule has 16 heavy (non-hydrogen) atoms. The van der Waals surface area contributed by atoms with Gasteiger partial charge in [-0.15, -0.1) is 0 Å². The Morgan fingerprint density at radius 1 is 1.25 bits per heavy atom. The second-order valence-electron chi connectivity index (χ2n) is 3.52. The minimum atomic E-state index is -0.598. The lowest BCUT2D eigenvalue weighted by Crippen LogP contribution is -2.02.